The van der Waals surface area contributed by atoms with Crippen LogP contribution in [0.2, 0.25) is 5.02 Å². The zero-order chi connectivity index (χ0) is 22.6. The van der Waals surface area contributed by atoms with Gasteiger partial charge in [0.25, 0.3) is 0 Å². The van der Waals surface area contributed by atoms with E-state index >= 15 is 0 Å². The van der Waals surface area contributed by atoms with Gasteiger partial charge in [0.2, 0.25) is 15.9 Å². The molecule has 0 fully saturated rings. The Kier molecular flexibility index (Phi) is 7.03. The molecule has 162 valence electrons. The first-order valence-electron chi connectivity index (χ1n) is 9.80. The van der Waals surface area contributed by atoms with Gasteiger partial charge >= 0.3 is 0 Å². The number of nitrogens with zero attached hydrogens (tertiary/aromatic N) is 1. The van der Waals surface area contributed by atoms with Crippen LogP contribution in [0.1, 0.15) is 28.3 Å². The van der Waals surface area contributed by atoms with E-state index in [2.05, 4.69) is 5.32 Å². The summed E-state index contributed by atoms with van der Waals surface area (Å²) in [6.45, 7) is 3.41. The molecule has 5 nitrogen and oxygen atoms in total. The van der Waals surface area contributed by atoms with Crippen LogP contribution in [0.25, 0.3) is 0 Å². The van der Waals surface area contributed by atoms with Crippen molar-refractivity contribution in [1.29, 1.82) is 0 Å². The smallest absolute Gasteiger partial charge is 0.241 e. The van der Waals surface area contributed by atoms with E-state index < -0.39 is 22.0 Å². The van der Waals surface area contributed by atoms with Crippen molar-refractivity contribution in [2.75, 3.05) is 17.1 Å². The molecule has 7 heteroatoms. The van der Waals surface area contributed by atoms with Crippen LogP contribution < -0.4 is 9.62 Å². The zero-order valence-corrected chi connectivity index (χ0v) is 19.2. The molecule has 0 radical (unpaired) electrons. The average molecular weight is 457 g/mol. The van der Waals surface area contributed by atoms with Crippen molar-refractivity contribution in [2.45, 2.75) is 19.9 Å². The molecule has 0 aliphatic heterocycles. The Bertz CT molecular complexity index is 1180. The minimum absolute atomic E-state index is 0.352. The summed E-state index contributed by atoms with van der Waals surface area (Å²) in [6, 6.07) is 22.0. The molecule has 1 unspecified atom stereocenters. The van der Waals surface area contributed by atoms with E-state index in [0.717, 1.165) is 27.3 Å². The number of halogens is 1. The number of sulfonamides is 1. The molecule has 1 N–H and O–H groups in total. The number of carbonyl (C=O) groups is 1. The van der Waals surface area contributed by atoms with Crippen LogP contribution in [0.15, 0.2) is 72.8 Å². The van der Waals surface area contributed by atoms with Gasteiger partial charge in [0.15, 0.2) is 0 Å². The van der Waals surface area contributed by atoms with Crippen molar-refractivity contribution < 1.29 is 13.2 Å². The van der Waals surface area contributed by atoms with Crippen LogP contribution >= 0.6 is 11.6 Å². The van der Waals surface area contributed by atoms with Crippen molar-refractivity contribution >= 4 is 33.2 Å². The molecule has 0 saturated carbocycles. The molecule has 0 aliphatic rings. The van der Waals surface area contributed by atoms with Crippen molar-refractivity contribution in [1.82, 2.24) is 5.32 Å². The standard InChI is InChI=1S/C24H25ClN2O3S/c1-17-8-7-11-20(14-17)24(19-9-5-4-6-10-19)26-23(28)16-27(31(3,29)30)22-15-21(25)13-12-18(22)2/h4-15,24H,16H2,1-3H3,(H,26,28). The Balaban J connectivity index is 1.93. The summed E-state index contributed by atoms with van der Waals surface area (Å²) in [7, 11) is -3.71. The van der Waals surface area contributed by atoms with Gasteiger partial charge in [-0.25, -0.2) is 8.42 Å². The molecule has 3 aromatic carbocycles. The zero-order valence-electron chi connectivity index (χ0n) is 17.7. The third kappa shape index (κ3) is 5.87. The van der Waals surface area contributed by atoms with E-state index in [-0.39, 0.29) is 6.54 Å². The number of amides is 1. The SMILES string of the molecule is Cc1cccc(C(NC(=O)CN(c2cc(Cl)ccc2C)S(C)(=O)=O)c2ccccc2)c1. The highest BCUT2D eigenvalue weighted by Crippen LogP contribution is 2.27. The maximum Gasteiger partial charge on any atom is 0.241 e. The lowest BCUT2D eigenvalue weighted by molar-refractivity contribution is -0.120. The maximum atomic E-state index is 13.1. The molecule has 3 aromatic rings. The predicted octanol–water partition coefficient (Wildman–Crippen LogP) is 4.63. The van der Waals surface area contributed by atoms with Gasteiger partial charge in [-0.05, 0) is 42.7 Å². The van der Waals surface area contributed by atoms with E-state index in [1.807, 2.05) is 61.5 Å². The van der Waals surface area contributed by atoms with E-state index in [1.54, 1.807) is 25.1 Å². The van der Waals surface area contributed by atoms with Gasteiger partial charge in [0.05, 0.1) is 18.0 Å². The fourth-order valence-electron chi connectivity index (χ4n) is 3.42. The van der Waals surface area contributed by atoms with Gasteiger partial charge in [0.1, 0.15) is 6.54 Å². The lowest BCUT2D eigenvalue weighted by Gasteiger charge is -2.26. The third-order valence-electron chi connectivity index (χ3n) is 4.94. The second-order valence-electron chi connectivity index (χ2n) is 7.53. The molecule has 0 saturated heterocycles. The maximum absolute atomic E-state index is 13.1. The topological polar surface area (TPSA) is 66.5 Å². The summed E-state index contributed by atoms with van der Waals surface area (Å²) in [6.07, 6.45) is 1.08. The van der Waals surface area contributed by atoms with E-state index in [9.17, 15) is 13.2 Å². The van der Waals surface area contributed by atoms with Crippen molar-refractivity contribution in [3.8, 4) is 0 Å². The second kappa shape index (κ2) is 9.54. The van der Waals surface area contributed by atoms with Crippen LogP contribution in [0.4, 0.5) is 5.69 Å². The summed E-state index contributed by atoms with van der Waals surface area (Å²) in [5, 5.41) is 3.40. The molecular weight excluding hydrogens is 432 g/mol. The monoisotopic (exact) mass is 456 g/mol. The quantitative estimate of drug-likeness (QED) is 0.563. The molecule has 0 aromatic heterocycles. The van der Waals surface area contributed by atoms with Gasteiger partial charge in [-0.3, -0.25) is 9.10 Å². The van der Waals surface area contributed by atoms with Gasteiger partial charge in [-0.1, -0.05) is 77.8 Å². The highest BCUT2D eigenvalue weighted by Gasteiger charge is 2.25. The molecule has 0 aliphatic carbocycles. The lowest BCUT2D eigenvalue weighted by atomic mass is 9.97. The first kappa shape index (κ1) is 22.8. The van der Waals surface area contributed by atoms with Crippen molar-refractivity contribution in [2.24, 2.45) is 0 Å². The second-order valence-corrected chi connectivity index (χ2v) is 9.87. The number of hydrogen-bond donors (Lipinski definition) is 1. The number of rotatable bonds is 7. The van der Waals surface area contributed by atoms with Crippen LogP contribution in [0, 0.1) is 13.8 Å². The Morgan fingerprint density at radius 1 is 0.968 bits per heavy atom. The Morgan fingerprint density at radius 2 is 1.65 bits per heavy atom. The summed E-state index contributed by atoms with van der Waals surface area (Å²) in [5.41, 5.74) is 3.99. The fourth-order valence-corrected chi connectivity index (χ4v) is 4.50. The fraction of sp³-hybridized carbons (Fsp3) is 0.208. The summed E-state index contributed by atoms with van der Waals surface area (Å²) in [5.74, 6) is -0.417. The lowest BCUT2D eigenvalue weighted by Crippen LogP contribution is -2.42. The molecule has 0 bridgehead atoms. The highest BCUT2D eigenvalue weighted by atomic mass is 35.5. The summed E-state index contributed by atoms with van der Waals surface area (Å²) in [4.78, 5) is 13.1. The predicted molar refractivity (Wildman–Crippen MR) is 126 cm³/mol. The average Bonchev–Trinajstić information content (AvgIpc) is 2.72. The minimum Gasteiger partial charge on any atom is -0.344 e. The molecule has 0 spiro atoms. The molecular formula is C24H25ClN2O3S. The normalized spacial score (nSPS) is 12.3. The van der Waals surface area contributed by atoms with Crippen LogP contribution in [0.5, 0.6) is 0 Å². The van der Waals surface area contributed by atoms with Crippen molar-refractivity contribution in [3.63, 3.8) is 0 Å². The number of nitrogens with one attached hydrogen (secondary N) is 1. The van der Waals surface area contributed by atoms with Crippen LogP contribution in [-0.2, 0) is 14.8 Å². The van der Waals surface area contributed by atoms with Crippen LogP contribution in [-0.4, -0.2) is 27.1 Å². The minimum atomic E-state index is -3.71. The van der Waals surface area contributed by atoms with E-state index in [0.29, 0.717) is 16.3 Å². The number of benzene rings is 3. The molecule has 31 heavy (non-hydrogen) atoms. The summed E-state index contributed by atoms with van der Waals surface area (Å²) < 4.78 is 26.1. The first-order chi connectivity index (χ1) is 14.6. The van der Waals surface area contributed by atoms with Gasteiger partial charge < -0.3 is 5.32 Å². The van der Waals surface area contributed by atoms with Crippen molar-refractivity contribution in [3.05, 3.63) is 100 Å². The Labute approximate surface area is 188 Å². The largest absolute Gasteiger partial charge is 0.344 e. The molecule has 3 rings (SSSR count). The first-order valence-corrected chi connectivity index (χ1v) is 12.0. The van der Waals surface area contributed by atoms with Crippen LogP contribution in [0.3, 0.4) is 0 Å². The number of anilines is 1. The van der Waals surface area contributed by atoms with E-state index in [1.165, 1.54) is 0 Å². The number of carbonyl (C=O) groups excluding carboxylic acids is 1. The highest BCUT2D eigenvalue weighted by molar-refractivity contribution is 7.92. The number of aryl methyl sites for hydroxylation is 2. The number of hydrogen-bond acceptors (Lipinski definition) is 3. The molecule has 1 amide bonds. The molecule has 0 heterocycles. The van der Waals surface area contributed by atoms with Gasteiger partial charge in [-0.2, -0.15) is 0 Å². The third-order valence-corrected chi connectivity index (χ3v) is 6.30. The van der Waals surface area contributed by atoms with Gasteiger partial charge in [-0.15, -0.1) is 0 Å². The Hall–Kier alpha value is -2.83. The Morgan fingerprint density at radius 3 is 2.29 bits per heavy atom. The van der Waals surface area contributed by atoms with Gasteiger partial charge in [0, 0.05) is 5.02 Å². The van der Waals surface area contributed by atoms with E-state index in [4.69, 9.17) is 11.6 Å². The molecule has 1 atom stereocenters. The summed E-state index contributed by atoms with van der Waals surface area (Å²) >= 11 is 6.08.